The van der Waals surface area contributed by atoms with E-state index in [-0.39, 0.29) is 5.91 Å². The van der Waals surface area contributed by atoms with Gasteiger partial charge >= 0.3 is 0 Å². The van der Waals surface area contributed by atoms with Gasteiger partial charge in [0.1, 0.15) is 0 Å². The first-order valence-corrected chi connectivity index (χ1v) is 8.41. The molecule has 0 aliphatic rings. The third-order valence-corrected chi connectivity index (χ3v) is 3.93. The number of nitrogens with zero attached hydrogens (tertiary/aromatic N) is 2. The second-order valence-corrected chi connectivity index (χ2v) is 5.73. The van der Waals surface area contributed by atoms with Crippen molar-refractivity contribution in [2.45, 2.75) is 32.9 Å². The van der Waals surface area contributed by atoms with Crippen molar-refractivity contribution in [2.75, 3.05) is 19.6 Å². The maximum absolute atomic E-state index is 11.8. The molecule has 0 bridgehead atoms. The van der Waals surface area contributed by atoms with Gasteiger partial charge in [-0.3, -0.25) is 9.69 Å². The molecule has 0 fully saturated rings. The summed E-state index contributed by atoms with van der Waals surface area (Å²) >= 11 is 0. The van der Waals surface area contributed by atoms with Crippen molar-refractivity contribution in [1.82, 2.24) is 14.8 Å². The standard InChI is InChI=1S/C19H27N3O/c1-2-21(17-18-9-4-3-5-10-18)15-8-12-20-19(23)11-16-22-13-6-7-14-22/h3-7,9-10,13-14H,2,8,11-12,15-17H2,1H3,(H,20,23). The molecule has 1 N–H and O–H groups in total. The van der Waals surface area contributed by atoms with Crippen LogP contribution in [-0.2, 0) is 17.9 Å². The summed E-state index contributed by atoms with van der Waals surface area (Å²) in [7, 11) is 0. The van der Waals surface area contributed by atoms with Gasteiger partial charge in [-0.1, -0.05) is 37.3 Å². The predicted octanol–water partition coefficient (Wildman–Crippen LogP) is 2.91. The van der Waals surface area contributed by atoms with Crippen LogP contribution in [0.3, 0.4) is 0 Å². The van der Waals surface area contributed by atoms with Gasteiger partial charge in [0.05, 0.1) is 0 Å². The maximum atomic E-state index is 11.8. The zero-order valence-corrected chi connectivity index (χ0v) is 13.9. The summed E-state index contributed by atoms with van der Waals surface area (Å²) in [5.74, 6) is 0.129. The highest BCUT2D eigenvalue weighted by Crippen LogP contribution is 2.04. The lowest BCUT2D eigenvalue weighted by molar-refractivity contribution is -0.121. The minimum absolute atomic E-state index is 0.129. The van der Waals surface area contributed by atoms with Crippen LogP contribution in [0.1, 0.15) is 25.3 Å². The monoisotopic (exact) mass is 313 g/mol. The van der Waals surface area contributed by atoms with Crippen LogP contribution in [0.5, 0.6) is 0 Å². The molecular weight excluding hydrogens is 286 g/mol. The normalized spacial score (nSPS) is 10.9. The lowest BCUT2D eigenvalue weighted by Gasteiger charge is -2.20. The average molecular weight is 313 g/mol. The molecular formula is C19H27N3O. The van der Waals surface area contributed by atoms with E-state index in [1.165, 1.54) is 5.56 Å². The van der Waals surface area contributed by atoms with Gasteiger partial charge in [0.25, 0.3) is 0 Å². The fourth-order valence-electron chi connectivity index (χ4n) is 2.56. The van der Waals surface area contributed by atoms with Crippen LogP contribution >= 0.6 is 0 Å². The summed E-state index contributed by atoms with van der Waals surface area (Å²) in [5, 5.41) is 3.01. The molecule has 1 aromatic heterocycles. The zero-order valence-electron chi connectivity index (χ0n) is 13.9. The minimum atomic E-state index is 0.129. The van der Waals surface area contributed by atoms with Gasteiger partial charge in [-0.05, 0) is 30.7 Å². The summed E-state index contributed by atoms with van der Waals surface area (Å²) < 4.78 is 2.03. The topological polar surface area (TPSA) is 37.3 Å². The van der Waals surface area contributed by atoms with E-state index < -0.39 is 0 Å². The molecule has 0 saturated carbocycles. The number of carbonyl (C=O) groups is 1. The Morgan fingerprint density at radius 1 is 1.13 bits per heavy atom. The van der Waals surface area contributed by atoms with Crippen molar-refractivity contribution in [2.24, 2.45) is 0 Å². The van der Waals surface area contributed by atoms with Gasteiger partial charge in [-0.15, -0.1) is 0 Å². The second-order valence-electron chi connectivity index (χ2n) is 5.73. The molecule has 0 aliphatic heterocycles. The van der Waals surface area contributed by atoms with Crippen LogP contribution in [0.15, 0.2) is 54.9 Å². The van der Waals surface area contributed by atoms with Gasteiger partial charge in [0.2, 0.25) is 5.91 Å². The Kier molecular flexibility index (Phi) is 7.40. The first-order valence-electron chi connectivity index (χ1n) is 8.41. The smallest absolute Gasteiger partial charge is 0.221 e. The Morgan fingerprint density at radius 3 is 2.57 bits per heavy atom. The molecule has 0 radical (unpaired) electrons. The van der Waals surface area contributed by atoms with Crippen LogP contribution in [0.25, 0.3) is 0 Å². The molecule has 23 heavy (non-hydrogen) atoms. The number of rotatable bonds is 10. The van der Waals surface area contributed by atoms with Crippen LogP contribution in [-0.4, -0.2) is 35.0 Å². The van der Waals surface area contributed by atoms with E-state index in [0.717, 1.165) is 39.1 Å². The van der Waals surface area contributed by atoms with Crippen molar-refractivity contribution in [3.8, 4) is 0 Å². The van der Waals surface area contributed by atoms with Crippen LogP contribution in [0.4, 0.5) is 0 Å². The molecule has 124 valence electrons. The molecule has 0 unspecified atom stereocenters. The van der Waals surface area contributed by atoms with Crippen molar-refractivity contribution in [3.05, 3.63) is 60.4 Å². The molecule has 4 heteroatoms. The number of nitrogens with one attached hydrogen (secondary N) is 1. The number of benzene rings is 1. The SMILES string of the molecule is CCN(CCCNC(=O)CCn1cccc1)Cc1ccccc1. The molecule has 4 nitrogen and oxygen atoms in total. The quantitative estimate of drug-likeness (QED) is 0.685. The first-order chi connectivity index (χ1) is 11.3. The van der Waals surface area contributed by atoms with Crippen molar-refractivity contribution >= 4 is 5.91 Å². The lowest BCUT2D eigenvalue weighted by Crippen LogP contribution is -2.30. The molecule has 2 aromatic rings. The molecule has 1 amide bonds. The van der Waals surface area contributed by atoms with E-state index in [4.69, 9.17) is 0 Å². The third kappa shape index (κ3) is 6.70. The fraction of sp³-hybridized carbons (Fsp3) is 0.421. The number of hydrogen-bond acceptors (Lipinski definition) is 2. The number of aryl methyl sites for hydroxylation is 1. The minimum Gasteiger partial charge on any atom is -0.356 e. The van der Waals surface area contributed by atoms with Gasteiger partial charge in [-0.2, -0.15) is 0 Å². The predicted molar refractivity (Wildman–Crippen MR) is 94.1 cm³/mol. The number of aromatic nitrogens is 1. The highest BCUT2D eigenvalue weighted by atomic mass is 16.1. The molecule has 0 aliphatic carbocycles. The number of amides is 1. The molecule has 1 heterocycles. The fourth-order valence-corrected chi connectivity index (χ4v) is 2.56. The Bertz CT molecular complexity index is 551. The Morgan fingerprint density at radius 2 is 1.87 bits per heavy atom. The maximum Gasteiger partial charge on any atom is 0.221 e. The molecule has 1 aromatic carbocycles. The summed E-state index contributed by atoms with van der Waals surface area (Å²) in [4.78, 5) is 14.2. The van der Waals surface area contributed by atoms with Crippen molar-refractivity contribution in [1.29, 1.82) is 0 Å². The molecule has 2 rings (SSSR count). The van der Waals surface area contributed by atoms with Gasteiger partial charge < -0.3 is 9.88 Å². The summed E-state index contributed by atoms with van der Waals surface area (Å²) in [6.07, 6.45) is 5.48. The highest BCUT2D eigenvalue weighted by Gasteiger charge is 2.05. The van der Waals surface area contributed by atoms with Crippen molar-refractivity contribution in [3.63, 3.8) is 0 Å². The van der Waals surface area contributed by atoms with Crippen molar-refractivity contribution < 1.29 is 4.79 Å². The zero-order chi connectivity index (χ0) is 16.3. The Hall–Kier alpha value is -2.07. The van der Waals surface area contributed by atoms with E-state index >= 15 is 0 Å². The molecule has 0 spiro atoms. The number of carbonyl (C=O) groups excluding carboxylic acids is 1. The van der Waals surface area contributed by atoms with Crippen LogP contribution in [0.2, 0.25) is 0 Å². The van der Waals surface area contributed by atoms with E-state index in [1.54, 1.807) is 0 Å². The van der Waals surface area contributed by atoms with E-state index in [0.29, 0.717) is 6.42 Å². The van der Waals surface area contributed by atoms with Gasteiger partial charge in [-0.25, -0.2) is 0 Å². The van der Waals surface area contributed by atoms with Gasteiger partial charge in [0.15, 0.2) is 0 Å². The Balaban J connectivity index is 1.58. The highest BCUT2D eigenvalue weighted by molar-refractivity contribution is 5.75. The second kappa shape index (κ2) is 9.85. The summed E-state index contributed by atoms with van der Waals surface area (Å²) in [6, 6.07) is 14.5. The van der Waals surface area contributed by atoms with E-state index in [1.807, 2.05) is 35.2 Å². The Labute approximate surface area is 139 Å². The first kappa shape index (κ1) is 17.3. The molecule has 0 saturated heterocycles. The lowest BCUT2D eigenvalue weighted by atomic mass is 10.2. The van der Waals surface area contributed by atoms with E-state index in [9.17, 15) is 4.79 Å². The summed E-state index contributed by atoms with van der Waals surface area (Å²) in [5.41, 5.74) is 1.34. The summed E-state index contributed by atoms with van der Waals surface area (Å²) in [6.45, 7) is 6.67. The third-order valence-electron chi connectivity index (χ3n) is 3.93. The van der Waals surface area contributed by atoms with Gasteiger partial charge in [0, 0.05) is 45.0 Å². The van der Waals surface area contributed by atoms with E-state index in [2.05, 4.69) is 41.4 Å². The number of hydrogen-bond donors (Lipinski definition) is 1. The largest absolute Gasteiger partial charge is 0.356 e. The average Bonchev–Trinajstić information content (AvgIpc) is 3.10. The van der Waals surface area contributed by atoms with Crippen LogP contribution in [0, 0.1) is 0 Å². The van der Waals surface area contributed by atoms with Crippen LogP contribution < -0.4 is 5.32 Å². The molecule has 0 atom stereocenters.